The van der Waals surface area contributed by atoms with Gasteiger partial charge in [0.05, 0.1) is 6.61 Å². The summed E-state index contributed by atoms with van der Waals surface area (Å²) >= 11 is 0. The molecule has 0 bridgehead atoms. The minimum Gasteiger partial charge on any atom is -0.380 e. The van der Waals surface area contributed by atoms with Gasteiger partial charge >= 0.3 is 0 Å². The van der Waals surface area contributed by atoms with Gasteiger partial charge in [-0.2, -0.15) is 0 Å². The Morgan fingerprint density at radius 1 is 1.24 bits per heavy atom. The van der Waals surface area contributed by atoms with Gasteiger partial charge in [-0.3, -0.25) is 9.59 Å². The molecule has 0 aromatic rings. The van der Waals surface area contributed by atoms with Crippen molar-refractivity contribution < 1.29 is 14.3 Å². The summed E-state index contributed by atoms with van der Waals surface area (Å²) in [6.45, 7) is 11.7. The molecule has 1 saturated heterocycles. The highest BCUT2D eigenvalue weighted by Gasteiger charge is 2.42. The van der Waals surface area contributed by atoms with Crippen LogP contribution in [0.15, 0.2) is 0 Å². The van der Waals surface area contributed by atoms with Gasteiger partial charge in [0.1, 0.15) is 12.1 Å². The Kier molecular flexibility index (Phi) is 7.15. The lowest BCUT2D eigenvalue weighted by Gasteiger charge is -2.41. The molecule has 0 spiro atoms. The summed E-state index contributed by atoms with van der Waals surface area (Å²) in [4.78, 5) is 26.8. The van der Waals surface area contributed by atoms with Crippen molar-refractivity contribution in [2.75, 3.05) is 19.8 Å². The van der Waals surface area contributed by atoms with E-state index in [0.717, 1.165) is 6.42 Å². The SMILES string of the molecule is CCOCCN1C(=O)C(CC(C)C)NC(=O)C1C(C)CC. The Morgan fingerprint density at radius 2 is 1.90 bits per heavy atom. The van der Waals surface area contributed by atoms with Crippen molar-refractivity contribution in [3.63, 3.8) is 0 Å². The number of carbonyl (C=O) groups is 2. The standard InChI is InChI=1S/C16H30N2O3/c1-6-12(5)14-15(19)17-13(10-11(3)4)16(20)18(14)8-9-21-7-2/h11-14H,6-10H2,1-5H3,(H,17,19). The van der Waals surface area contributed by atoms with E-state index in [1.165, 1.54) is 0 Å². The highest BCUT2D eigenvalue weighted by molar-refractivity contribution is 5.97. The number of amides is 2. The van der Waals surface area contributed by atoms with Gasteiger partial charge in [-0.05, 0) is 25.2 Å². The lowest BCUT2D eigenvalue weighted by molar-refractivity contribution is -0.152. The van der Waals surface area contributed by atoms with Gasteiger partial charge < -0.3 is 15.0 Å². The molecule has 1 aliphatic rings. The summed E-state index contributed by atoms with van der Waals surface area (Å²) in [6, 6.07) is -0.759. The maximum atomic E-state index is 12.7. The smallest absolute Gasteiger partial charge is 0.245 e. The average Bonchev–Trinajstić information content (AvgIpc) is 2.42. The summed E-state index contributed by atoms with van der Waals surface area (Å²) in [5.74, 6) is 0.531. The summed E-state index contributed by atoms with van der Waals surface area (Å²) in [6.07, 6.45) is 1.55. The molecule has 1 fully saturated rings. The molecule has 5 heteroatoms. The van der Waals surface area contributed by atoms with E-state index in [1.54, 1.807) is 4.90 Å². The van der Waals surface area contributed by atoms with Crippen LogP contribution in [0.3, 0.4) is 0 Å². The van der Waals surface area contributed by atoms with E-state index in [0.29, 0.717) is 32.1 Å². The van der Waals surface area contributed by atoms with Crippen molar-refractivity contribution in [2.45, 2.75) is 59.5 Å². The summed E-state index contributed by atoms with van der Waals surface area (Å²) in [7, 11) is 0. The first-order valence-electron chi connectivity index (χ1n) is 8.10. The monoisotopic (exact) mass is 298 g/mol. The number of nitrogens with one attached hydrogen (secondary N) is 1. The maximum absolute atomic E-state index is 12.7. The molecular formula is C16H30N2O3. The van der Waals surface area contributed by atoms with Crippen LogP contribution in [0, 0.1) is 11.8 Å². The fraction of sp³-hybridized carbons (Fsp3) is 0.875. The Balaban J connectivity index is 2.88. The average molecular weight is 298 g/mol. The van der Waals surface area contributed by atoms with Crippen molar-refractivity contribution >= 4 is 11.8 Å². The topological polar surface area (TPSA) is 58.6 Å². The third kappa shape index (κ3) is 4.70. The maximum Gasteiger partial charge on any atom is 0.245 e. The van der Waals surface area contributed by atoms with Gasteiger partial charge in [-0.15, -0.1) is 0 Å². The van der Waals surface area contributed by atoms with Crippen LogP contribution in [0.4, 0.5) is 0 Å². The quantitative estimate of drug-likeness (QED) is 0.695. The molecule has 1 aliphatic heterocycles. The van der Waals surface area contributed by atoms with Crippen molar-refractivity contribution in [1.29, 1.82) is 0 Å². The van der Waals surface area contributed by atoms with Crippen molar-refractivity contribution in [3.05, 3.63) is 0 Å². The number of hydrogen-bond acceptors (Lipinski definition) is 3. The third-order valence-electron chi connectivity index (χ3n) is 4.07. The zero-order valence-electron chi connectivity index (χ0n) is 14.0. The first kappa shape index (κ1) is 18.0. The van der Waals surface area contributed by atoms with E-state index in [4.69, 9.17) is 4.74 Å². The van der Waals surface area contributed by atoms with Gasteiger partial charge in [-0.1, -0.05) is 34.1 Å². The molecule has 21 heavy (non-hydrogen) atoms. The predicted octanol–water partition coefficient (Wildman–Crippen LogP) is 1.81. The van der Waals surface area contributed by atoms with Crippen LogP contribution < -0.4 is 5.32 Å². The molecule has 1 N–H and O–H groups in total. The molecular weight excluding hydrogens is 268 g/mol. The highest BCUT2D eigenvalue weighted by Crippen LogP contribution is 2.22. The second-order valence-corrected chi connectivity index (χ2v) is 6.25. The fourth-order valence-electron chi connectivity index (χ4n) is 2.77. The van der Waals surface area contributed by atoms with Crippen molar-refractivity contribution in [2.24, 2.45) is 11.8 Å². The van der Waals surface area contributed by atoms with Gasteiger partial charge in [-0.25, -0.2) is 0 Å². The van der Waals surface area contributed by atoms with Crippen LogP contribution >= 0.6 is 0 Å². The molecule has 0 radical (unpaired) electrons. The van der Waals surface area contributed by atoms with Crippen LogP contribution in [0.2, 0.25) is 0 Å². The zero-order valence-corrected chi connectivity index (χ0v) is 14.0. The zero-order chi connectivity index (χ0) is 16.0. The van der Waals surface area contributed by atoms with Crippen LogP contribution in [-0.4, -0.2) is 48.6 Å². The molecule has 0 aliphatic carbocycles. The van der Waals surface area contributed by atoms with Gasteiger partial charge in [0.2, 0.25) is 11.8 Å². The van der Waals surface area contributed by atoms with Crippen LogP contribution in [0.5, 0.6) is 0 Å². The lowest BCUT2D eigenvalue weighted by Crippen LogP contribution is -2.65. The molecule has 3 unspecified atom stereocenters. The second-order valence-electron chi connectivity index (χ2n) is 6.25. The molecule has 0 aromatic carbocycles. The third-order valence-corrected chi connectivity index (χ3v) is 4.07. The molecule has 3 atom stereocenters. The van der Waals surface area contributed by atoms with E-state index in [1.807, 2.05) is 20.8 Å². The molecule has 122 valence electrons. The van der Waals surface area contributed by atoms with Gasteiger partial charge in [0, 0.05) is 13.2 Å². The predicted molar refractivity (Wildman–Crippen MR) is 82.8 cm³/mol. The lowest BCUT2D eigenvalue weighted by atomic mass is 9.91. The number of nitrogens with zero attached hydrogens (tertiary/aromatic N) is 1. The number of carbonyl (C=O) groups excluding carboxylic acids is 2. The summed E-state index contributed by atoms with van der Waals surface area (Å²) in [5.41, 5.74) is 0. The Bertz CT molecular complexity index is 357. The largest absolute Gasteiger partial charge is 0.380 e. The van der Waals surface area contributed by atoms with E-state index < -0.39 is 0 Å². The molecule has 2 amide bonds. The van der Waals surface area contributed by atoms with Gasteiger partial charge in [0.25, 0.3) is 0 Å². The highest BCUT2D eigenvalue weighted by atomic mass is 16.5. The number of hydrogen-bond donors (Lipinski definition) is 1. The molecule has 0 saturated carbocycles. The molecule has 0 aromatic heterocycles. The normalized spacial score (nSPS) is 24.4. The Morgan fingerprint density at radius 3 is 2.43 bits per heavy atom. The second kappa shape index (κ2) is 8.37. The van der Waals surface area contributed by atoms with E-state index >= 15 is 0 Å². The minimum absolute atomic E-state index is 0.0221. The van der Waals surface area contributed by atoms with E-state index in [2.05, 4.69) is 19.2 Å². The Hall–Kier alpha value is -1.10. The summed E-state index contributed by atoms with van der Waals surface area (Å²) in [5, 5.41) is 2.91. The number of ether oxygens (including phenoxy) is 1. The first-order chi connectivity index (χ1) is 9.92. The summed E-state index contributed by atoms with van der Waals surface area (Å²) < 4.78 is 5.37. The van der Waals surface area contributed by atoms with Crippen LogP contribution in [-0.2, 0) is 14.3 Å². The number of piperazine rings is 1. The minimum atomic E-state index is -0.389. The fourth-order valence-corrected chi connectivity index (χ4v) is 2.77. The molecule has 1 heterocycles. The first-order valence-corrected chi connectivity index (χ1v) is 8.10. The molecule has 5 nitrogen and oxygen atoms in total. The van der Waals surface area contributed by atoms with Gasteiger partial charge in [0.15, 0.2) is 0 Å². The Labute approximate surface area is 128 Å². The number of rotatable bonds is 8. The van der Waals surface area contributed by atoms with Crippen molar-refractivity contribution in [1.82, 2.24) is 10.2 Å². The van der Waals surface area contributed by atoms with E-state index in [-0.39, 0.29) is 29.8 Å². The van der Waals surface area contributed by atoms with E-state index in [9.17, 15) is 9.59 Å². The van der Waals surface area contributed by atoms with Crippen LogP contribution in [0.1, 0.15) is 47.5 Å². The van der Waals surface area contributed by atoms with Crippen molar-refractivity contribution in [3.8, 4) is 0 Å². The molecule has 1 rings (SSSR count). The van der Waals surface area contributed by atoms with Crippen LogP contribution in [0.25, 0.3) is 0 Å².